The third-order valence-corrected chi connectivity index (χ3v) is 8.80. The van der Waals surface area contributed by atoms with Gasteiger partial charge in [-0.15, -0.1) is 11.3 Å². The number of rotatable bonds is 8. The first kappa shape index (κ1) is 26.5. The molecule has 1 N–H and O–H groups in total. The molecule has 1 aliphatic carbocycles. The fourth-order valence-corrected chi connectivity index (χ4v) is 6.65. The Morgan fingerprint density at radius 1 is 0.875 bits per heavy atom. The third kappa shape index (κ3) is 6.02. The van der Waals surface area contributed by atoms with Gasteiger partial charge in [0, 0.05) is 18.5 Å². The Balaban J connectivity index is 1.26. The summed E-state index contributed by atoms with van der Waals surface area (Å²) in [6.45, 7) is 1.26. The van der Waals surface area contributed by atoms with E-state index in [4.69, 9.17) is 4.98 Å². The van der Waals surface area contributed by atoms with Crippen LogP contribution < -0.4 is 5.32 Å². The van der Waals surface area contributed by atoms with Crippen molar-refractivity contribution in [3.63, 3.8) is 0 Å². The van der Waals surface area contributed by atoms with Crippen molar-refractivity contribution in [1.29, 1.82) is 0 Å². The first-order valence-corrected chi connectivity index (χ1v) is 15.4. The average Bonchev–Trinajstić information content (AvgIpc) is 3.63. The van der Waals surface area contributed by atoms with Gasteiger partial charge in [-0.1, -0.05) is 98.8 Å². The number of thiazole rings is 1. The Morgan fingerprint density at radius 2 is 1.60 bits per heavy atom. The van der Waals surface area contributed by atoms with Crippen molar-refractivity contribution in [2.24, 2.45) is 5.92 Å². The molecule has 0 bridgehead atoms. The molecule has 1 fully saturated rings. The van der Waals surface area contributed by atoms with Gasteiger partial charge in [0.25, 0.3) is 0 Å². The fourth-order valence-electron chi connectivity index (χ4n) is 6.12. The maximum absolute atomic E-state index is 13.7. The van der Waals surface area contributed by atoms with Gasteiger partial charge >= 0.3 is 0 Å². The molecule has 2 aromatic heterocycles. The lowest BCUT2D eigenvalue weighted by Crippen LogP contribution is -2.33. The van der Waals surface area contributed by atoms with E-state index in [9.17, 15) is 4.79 Å². The zero-order valence-corrected chi connectivity index (χ0v) is 23.7. The molecular formula is C34H36N4OS. The number of imidazole rings is 1. The van der Waals surface area contributed by atoms with Crippen LogP contribution in [0.5, 0.6) is 0 Å². The summed E-state index contributed by atoms with van der Waals surface area (Å²) >= 11 is 1.58. The third-order valence-electron chi connectivity index (χ3n) is 8.21. The molecule has 1 atom stereocenters. The van der Waals surface area contributed by atoms with Gasteiger partial charge < -0.3 is 9.88 Å². The number of fused-ring (bicyclic) bond motifs is 1. The SMILES string of the molecule is O=C(NCc1ccccc1)C(c1ccc(Cn2c(-c3cscn3)nc3ccccc32)cc1)C1CCCCCCC1. The van der Waals surface area contributed by atoms with Crippen molar-refractivity contribution in [3.8, 4) is 11.5 Å². The Morgan fingerprint density at radius 3 is 2.35 bits per heavy atom. The van der Waals surface area contributed by atoms with E-state index in [0.717, 1.165) is 46.5 Å². The summed E-state index contributed by atoms with van der Waals surface area (Å²) in [5.74, 6) is 1.28. The molecule has 40 heavy (non-hydrogen) atoms. The van der Waals surface area contributed by atoms with E-state index < -0.39 is 0 Å². The van der Waals surface area contributed by atoms with Crippen LogP contribution in [0.1, 0.15) is 67.6 Å². The number of benzene rings is 3. The molecule has 0 radical (unpaired) electrons. The largest absolute Gasteiger partial charge is 0.351 e. The minimum Gasteiger partial charge on any atom is -0.351 e. The number of aromatic nitrogens is 3. The molecule has 1 unspecified atom stereocenters. The molecule has 0 saturated heterocycles. The number of hydrogen-bond donors (Lipinski definition) is 1. The summed E-state index contributed by atoms with van der Waals surface area (Å²) in [7, 11) is 0. The second kappa shape index (κ2) is 12.6. The van der Waals surface area contributed by atoms with E-state index in [-0.39, 0.29) is 11.8 Å². The van der Waals surface area contributed by atoms with Gasteiger partial charge in [0.05, 0.1) is 22.5 Å². The van der Waals surface area contributed by atoms with Crippen LogP contribution in [-0.2, 0) is 17.9 Å². The Bertz CT molecular complexity index is 1520. The molecular weight excluding hydrogens is 512 g/mol. The number of hydrogen-bond acceptors (Lipinski definition) is 4. The van der Waals surface area contributed by atoms with Crippen molar-refractivity contribution >= 4 is 28.3 Å². The van der Waals surface area contributed by atoms with Crippen molar-refractivity contribution in [2.45, 2.75) is 64.0 Å². The van der Waals surface area contributed by atoms with Crippen molar-refractivity contribution in [1.82, 2.24) is 19.9 Å². The topological polar surface area (TPSA) is 59.8 Å². The molecule has 204 valence electrons. The lowest BCUT2D eigenvalue weighted by atomic mass is 9.77. The normalized spacial score (nSPS) is 15.4. The molecule has 3 aromatic carbocycles. The fraction of sp³-hybridized carbons (Fsp3) is 0.324. The van der Waals surface area contributed by atoms with E-state index in [2.05, 4.69) is 74.8 Å². The Labute approximate surface area is 240 Å². The predicted molar refractivity (Wildman–Crippen MR) is 163 cm³/mol. The second-order valence-corrected chi connectivity index (χ2v) is 11.6. The summed E-state index contributed by atoms with van der Waals surface area (Å²) in [4.78, 5) is 23.2. The lowest BCUT2D eigenvalue weighted by molar-refractivity contribution is -0.124. The van der Waals surface area contributed by atoms with Gasteiger partial charge in [0.2, 0.25) is 5.91 Å². The van der Waals surface area contributed by atoms with Crippen LogP contribution in [0.2, 0.25) is 0 Å². The van der Waals surface area contributed by atoms with Crippen LogP contribution in [0, 0.1) is 5.92 Å². The quantitative estimate of drug-likeness (QED) is 0.214. The molecule has 6 rings (SSSR count). The number of nitrogens with one attached hydrogen (secondary N) is 1. The van der Waals surface area contributed by atoms with Crippen molar-refractivity contribution in [2.75, 3.05) is 0 Å². The summed E-state index contributed by atoms with van der Waals surface area (Å²) in [5, 5.41) is 5.32. The van der Waals surface area contributed by atoms with E-state index in [1.807, 2.05) is 29.8 Å². The van der Waals surface area contributed by atoms with E-state index in [1.54, 1.807) is 11.3 Å². The molecule has 1 aliphatic rings. The van der Waals surface area contributed by atoms with Gasteiger partial charge in [0.15, 0.2) is 5.82 Å². The number of carbonyl (C=O) groups excluding carboxylic acids is 1. The second-order valence-electron chi connectivity index (χ2n) is 10.9. The van der Waals surface area contributed by atoms with Gasteiger partial charge in [-0.05, 0) is 47.6 Å². The minimum atomic E-state index is -0.129. The van der Waals surface area contributed by atoms with Crippen LogP contribution in [0.25, 0.3) is 22.6 Å². The Hall–Kier alpha value is -3.77. The molecule has 0 spiro atoms. The minimum absolute atomic E-state index is 0.129. The van der Waals surface area contributed by atoms with Crippen LogP contribution in [-0.4, -0.2) is 20.4 Å². The van der Waals surface area contributed by atoms with Gasteiger partial charge in [0.1, 0.15) is 5.69 Å². The van der Waals surface area contributed by atoms with E-state index in [0.29, 0.717) is 19.0 Å². The highest BCUT2D eigenvalue weighted by molar-refractivity contribution is 7.07. The van der Waals surface area contributed by atoms with Crippen molar-refractivity contribution in [3.05, 3.63) is 106 Å². The lowest BCUT2D eigenvalue weighted by Gasteiger charge is -2.28. The predicted octanol–water partition coefficient (Wildman–Crippen LogP) is 7.97. The number of amides is 1. The highest BCUT2D eigenvalue weighted by Gasteiger charge is 2.30. The number of carbonyl (C=O) groups is 1. The van der Waals surface area contributed by atoms with Crippen LogP contribution >= 0.6 is 11.3 Å². The maximum Gasteiger partial charge on any atom is 0.228 e. The zero-order valence-electron chi connectivity index (χ0n) is 22.8. The van der Waals surface area contributed by atoms with Crippen molar-refractivity contribution < 1.29 is 4.79 Å². The standard InChI is InChI=1S/C34H36N4OS/c39-34(35-21-25-11-5-4-6-12-25)32(27-13-7-2-1-3-8-14-27)28-19-17-26(18-20-28)22-38-31-16-10-9-15-29(31)37-33(38)30-23-40-24-36-30/h4-6,9-12,15-20,23-24,27,32H,1-3,7-8,13-14,21-22H2,(H,35,39). The highest BCUT2D eigenvalue weighted by Crippen LogP contribution is 2.35. The molecule has 2 heterocycles. The molecule has 1 saturated carbocycles. The number of nitrogens with zero attached hydrogens (tertiary/aromatic N) is 3. The van der Waals surface area contributed by atoms with Gasteiger partial charge in [-0.25, -0.2) is 9.97 Å². The molecule has 0 aliphatic heterocycles. The first-order chi connectivity index (χ1) is 19.8. The molecule has 5 nitrogen and oxygen atoms in total. The molecule has 6 heteroatoms. The summed E-state index contributed by atoms with van der Waals surface area (Å²) < 4.78 is 2.25. The Kier molecular flexibility index (Phi) is 8.33. The summed E-state index contributed by atoms with van der Waals surface area (Å²) in [6, 6.07) is 27.2. The molecule has 1 amide bonds. The monoisotopic (exact) mass is 548 g/mol. The average molecular weight is 549 g/mol. The first-order valence-electron chi connectivity index (χ1n) is 14.5. The smallest absolute Gasteiger partial charge is 0.228 e. The summed E-state index contributed by atoms with van der Waals surface area (Å²) in [5.41, 5.74) is 8.26. The van der Waals surface area contributed by atoms with E-state index in [1.165, 1.54) is 37.7 Å². The van der Waals surface area contributed by atoms with Crippen LogP contribution in [0.4, 0.5) is 0 Å². The maximum atomic E-state index is 13.7. The zero-order chi connectivity index (χ0) is 27.1. The van der Waals surface area contributed by atoms with Gasteiger partial charge in [-0.3, -0.25) is 4.79 Å². The highest BCUT2D eigenvalue weighted by atomic mass is 32.1. The van der Waals surface area contributed by atoms with Crippen LogP contribution in [0.3, 0.4) is 0 Å². The van der Waals surface area contributed by atoms with E-state index >= 15 is 0 Å². The number of para-hydroxylation sites is 2. The summed E-state index contributed by atoms with van der Waals surface area (Å²) in [6.07, 6.45) is 8.50. The van der Waals surface area contributed by atoms with Gasteiger partial charge in [-0.2, -0.15) is 0 Å². The molecule has 5 aromatic rings. The van der Waals surface area contributed by atoms with Crippen LogP contribution in [0.15, 0.2) is 89.8 Å².